The molecule has 0 bridgehead atoms. The fourth-order valence-corrected chi connectivity index (χ4v) is 4.43. The minimum absolute atomic E-state index is 0.0732. The number of benzene rings is 2. The van der Waals surface area contributed by atoms with Crippen LogP contribution in [0.2, 0.25) is 0 Å². The third kappa shape index (κ3) is 3.85. The van der Waals surface area contributed by atoms with Crippen molar-refractivity contribution in [1.82, 2.24) is 0 Å². The van der Waals surface area contributed by atoms with Crippen molar-refractivity contribution in [2.45, 2.75) is 4.90 Å². The molecule has 0 aromatic heterocycles. The Morgan fingerprint density at radius 1 is 1.09 bits per heavy atom. The minimum atomic E-state index is -3.75. The highest BCUT2D eigenvalue weighted by Crippen LogP contribution is 2.36. The first-order valence-electron chi connectivity index (χ1n) is 6.07. The number of methoxy groups -OCH3 is 2. The van der Waals surface area contributed by atoms with E-state index in [1.165, 1.54) is 20.3 Å². The summed E-state index contributed by atoms with van der Waals surface area (Å²) in [5, 5.41) is 0. The van der Waals surface area contributed by atoms with Crippen LogP contribution < -0.4 is 14.2 Å². The normalized spacial score (nSPS) is 11.1. The number of sulfonamides is 1. The first kappa shape index (κ1) is 17.4. The second-order valence-corrected chi connectivity index (χ2v) is 8.00. The maximum absolute atomic E-state index is 12.6. The topological polar surface area (TPSA) is 64.6 Å². The van der Waals surface area contributed by atoms with Crippen molar-refractivity contribution < 1.29 is 17.9 Å². The largest absolute Gasteiger partial charge is 0.493 e. The van der Waals surface area contributed by atoms with Crippen molar-refractivity contribution in [1.29, 1.82) is 0 Å². The summed E-state index contributed by atoms with van der Waals surface area (Å²) in [6, 6.07) is 10.1. The van der Waals surface area contributed by atoms with Crippen molar-refractivity contribution in [3.05, 3.63) is 44.4 Å². The van der Waals surface area contributed by atoms with Gasteiger partial charge in [0.1, 0.15) is 4.90 Å². The molecule has 0 aliphatic heterocycles. The molecule has 0 aliphatic rings. The maximum atomic E-state index is 12.6. The van der Waals surface area contributed by atoms with E-state index in [1.54, 1.807) is 24.3 Å². The van der Waals surface area contributed by atoms with Crippen LogP contribution in [-0.2, 0) is 10.0 Å². The molecule has 0 aliphatic carbocycles. The van der Waals surface area contributed by atoms with Gasteiger partial charge in [-0.15, -0.1) is 0 Å². The lowest BCUT2D eigenvalue weighted by Crippen LogP contribution is -2.14. The Balaban J connectivity index is 2.45. The zero-order chi connectivity index (χ0) is 16.3. The fraction of sp³-hybridized carbons (Fsp3) is 0.143. The molecular formula is C14H13BrINO4S. The highest BCUT2D eigenvalue weighted by molar-refractivity contribution is 14.1. The average Bonchev–Trinajstić information content (AvgIpc) is 2.46. The van der Waals surface area contributed by atoms with E-state index in [0.29, 0.717) is 21.7 Å². The van der Waals surface area contributed by atoms with E-state index < -0.39 is 10.0 Å². The summed E-state index contributed by atoms with van der Waals surface area (Å²) in [6.07, 6.45) is 0. The van der Waals surface area contributed by atoms with E-state index in [-0.39, 0.29) is 4.90 Å². The van der Waals surface area contributed by atoms with Gasteiger partial charge in [0, 0.05) is 19.8 Å². The molecule has 0 saturated heterocycles. The number of halogens is 2. The molecule has 0 saturated carbocycles. The predicted octanol–water partition coefficient (Wildman–Crippen LogP) is 3.87. The summed E-state index contributed by atoms with van der Waals surface area (Å²) in [5.41, 5.74) is 0.494. The van der Waals surface area contributed by atoms with Gasteiger partial charge >= 0.3 is 0 Å². The van der Waals surface area contributed by atoms with Gasteiger partial charge in [0.05, 0.1) is 14.2 Å². The van der Waals surface area contributed by atoms with Gasteiger partial charge in [-0.05, 0) is 62.8 Å². The van der Waals surface area contributed by atoms with Crippen LogP contribution in [0.15, 0.2) is 45.8 Å². The second-order valence-electron chi connectivity index (χ2n) is 4.25. The number of ether oxygens (including phenoxy) is 2. The van der Waals surface area contributed by atoms with Crippen molar-refractivity contribution in [3.8, 4) is 11.5 Å². The molecule has 5 nitrogen and oxygen atoms in total. The van der Waals surface area contributed by atoms with Crippen LogP contribution >= 0.6 is 38.5 Å². The molecule has 0 fully saturated rings. The van der Waals surface area contributed by atoms with Crippen LogP contribution in [0.3, 0.4) is 0 Å². The number of nitrogens with one attached hydrogen (secondary N) is 1. The molecule has 22 heavy (non-hydrogen) atoms. The van der Waals surface area contributed by atoms with Gasteiger partial charge in [-0.1, -0.05) is 6.07 Å². The Bertz CT molecular complexity index is 795. The van der Waals surface area contributed by atoms with Gasteiger partial charge in [-0.2, -0.15) is 0 Å². The molecule has 118 valence electrons. The first-order valence-corrected chi connectivity index (χ1v) is 9.43. The Kier molecular flexibility index (Phi) is 5.56. The Morgan fingerprint density at radius 2 is 1.73 bits per heavy atom. The summed E-state index contributed by atoms with van der Waals surface area (Å²) in [4.78, 5) is 0.0732. The molecule has 0 heterocycles. The van der Waals surface area contributed by atoms with Gasteiger partial charge in [0.25, 0.3) is 10.0 Å². The summed E-state index contributed by atoms with van der Waals surface area (Å²) in [7, 11) is -0.812. The van der Waals surface area contributed by atoms with Crippen molar-refractivity contribution in [2.24, 2.45) is 0 Å². The van der Waals surface area contributed by atoms with Crippen LogP contribution in [0, 0.1) is 3.57 Å². The number of rotatable bonds is 5. The summed E-state index contributed by atoms with van der Waals surface area (Å²) in [5.74, 6) is 0.788. The molecule has 0 amide bonds. The number of hydrogen-bond acceptors (Lipinski definition) is 4. The molecule has 0 spiro atoms. The fourth-order valence-electron chi connectivity index (χ4n) is 1.80. The van der Waals surface area contributed by atoms with Crippen LogP contribution in [-0.4, -0.2) is 22.6 Å². The summed E-state index contributed by atoms with van der Waals surface area (Å²) < 4.78 is 39.3. The zero-order valence-electron chi connectivity index (χ0n) is 11.8. The molecule has 8 heteroatoms. The Morgan fingerprint density at radius 3 is 2.32 bits per heavy atom. The van der Waals surface area contributed by atoms with Crippen LogP contribution in [0.5, 0.6) is 11.5 Å². The van der Waals surface area contributed by atoms with E-state index >= 15 is 0 Å². The maximum Gasteiger partial charge on any atom is 0.263 e. The average molecular weight is 498 g/mol. The highest BCUT2D eigenvalue weighted by Gasteiger charge is 2.21. The van der Waals surface area contributed by atoms with Crippen molar-refractivity contribution in [3.63, 3.8) is 0 Å². The number of hydrogen-bond donors (Lipinski definition) is 1. The predicted molar refractivity (Wildman–Crippen MR) is 97.2 cm³/mol. The molecule has 0 atom stereocenters. The van der Waals surface area contributed by atoms with E-state index in [1.807, 2.05) is 6.07 Å². The third-order valence-electron chi connectivity index (χ3n) is 2.80. The van der Waals surface area contributed by atoms with E-state index in [9.17, 15) is 8.42 Å². The van der Waals surface area contributed by atoms with Crippen LogP contribution in [0.1, 0.15) is 0 Å². The van der Waals surface area contributed by atoms with Crippen molar-refractivity contribution >= 4 is 54.2 Å². The van der Waals surface area contributed by atoms with E-state index in [2.05, 4.69) is 43.2 Å². The molecule has 1 N–H and O–H groups in total. The Labute approximate surface area is 151 Å². The molecule has 2 rings (SSSR count). The van der Waals surface area contributed by atoms with Gasteiger partial charge < -0.3 is 9.47 Å². The number of anilines is 1. The molecule has 0 unspecified atom stereocenters. The summed E-state index contributed by atoms with van der Waals surface area (Å²) in [6.45, 7) is 0. The lowest BCUT2D eigenvalue weighted by atomic mass is 10.3. The van der Waals surface area contributed by atoms with Crippen LogP contribution in [0.25, 0.3) is 0 Å². The second kappa shape index (κ2) is 7.05. The molecule has 2 aromatic rings. The standard InChI is InChI=1S/C14H13BrINO4S/c1-20-12-7-11(15)14(8-13(12)21-2)22(18,19)17-10-5-3-4-9(16)6-10/h3-8,17H,1-2H3. The van der Waals surface area contributed by atoms with Gasteiger partial charge in [0.2, 0.25) is 0 Å². The minimum Gasteiger partial charge on any atom is -0.493 e. The zero-order valence-corrected chi connectivity index (χ0v) is 16.3. The first-order chi connectivity index (χ1) is 10.4. The Hall–Kier alpha value is -1.00. The quantitative estimate of drug-likeness (QED) is 0.637. The van der Waals surface area contributed by atoms with E-state index in [0.717, 1.165) is 3.57 Å². The van der Waals surface area contributed by atoms with E-state index in [4.69, 9.17) is 9.47 Å². The smallest absolute Gasteiger partial charge is 0.263 e. The molecule has 2 aromatic carbocycles. The highest BCUT2D eigenvalue weighted by atomic mass is 127. The lowest BCUT2D eigenvalue weighted by Gasteiger charge is -2.13. The molecule has 0 radical (unpaired) electrons. The van der Waals surface area contributed by atoms with Gasteiger partial charge in [-0.25, -0.2) is 8.42 Å². The van der Waals surface area contributed by atoms with Crippen molar-refractivity contribution in [2.75, 3.05) is 18.9 Å². The SMILES string of the molecule is COc1cc(Br)c(S(=O)(=O)Nc2cccc(I)c2)cc1OC. The van der Waals surface area contributed by atoms with Gasteiger partial charge in [0.15, 0.2) is 11.5 Å². The lowest BCUT2D eigenvalue weighted by molar-refractivity contribution is 0.353. The monoisotopic (exact) mass is 497 g/mol. The molecular weight excluding hydrogens is 485 g/mol. The van der Waals surface area contributed by atoms with Crippen LogP contribution in [0.4, 0.5) is 5.69 Å². The summed E-state index contributed by atoms with van der Waals surface area (Å²) >= 11 is 5.38. The van der Waals surface area contributed by atoms with Gasteiger partial charge in [-0.3, -0.25) is 4.72 Å². The third-order valence-corrected chi connectivity index (χ3v) is 5.82.